The molecule has 2 aromatic rings. The molecular weight excluding hydrogens is 365 g/mol. The van der Waals surface area contributed by atoms with Gasteiger partial charge in [0.05, 0.1) is 11.6 Å². The molecule has 0 aromatic heterocycles. The van der Waals surface area contributed by atoms with E-state index in [0.717, 1.165) is 68.3 Å². The van der Waals surface area contributed by atoms with Crippen molar-refractivity contribution in [3.8, 4) is 6.07 Å². The zero-order chi connectivity index (χ0) is 20.8. The molecule has 0 bridgehead atoms. The lowest BCUT2D eigenvalue weighted by Crippen LogP contribution is -2.46. The van der Waals surface area contributed by atoms with Crippen molar-refractivity contribution in [3.63, 3.8) is 0 Å². The Kier molecular flexibility index (Phi) is 7.08. The van der Waals surface area contributed by atoms with Gasteiger partial charge in [0.25, 0.3) is 0 Å². The molecule has 1 fully saturated rings. The molecule has 0 N–H and O–H groups in total. The average Bonchev–Trinajstić information content (AvgIpc) is 2.73. The lowest BCUT2D eigenvalue weighted by molar-refractivity contribution is 0.249. The minimum absolute atomic E-state index is 0.202. The summed E-state index contributed by atoms with van der Waals surface area (Å²) >= 11 is 0. The Labute approximate surface area is 173 Å². The van der Waals surface area contributed by atoms with E-state index in [1.54, 1.807) is 0 Å². The van der Waals surface area contributed by atoms with Crippen LogP contribution < -0.4 is 9.80 Å². The normalized spacial score (nSPS) is 14.8. The average molecular weight is 396 g/mol. The lowest BCUT2D eigenvalue weighted by Gasteiger charge is -2.36. The number of hydrogen-bond acceptors (Lipinski definition) is 5. The molecule has 0 atom stereocenters. The van der Waals surface area contributed by atoms with Gasteiger partial charge in [-0.1, -0.05) is 0 Å². The fourth-order valence-corrected chi connectivity index (χ4v) is 3.59. The summed E-state index contributed by atoms with van der Waals surface area (Å²) in [6.07, 6.45) is 0. The zero-order valence-corrected chi connectivity index (χ0v) is 17.6. The van der Waals surface area contributed by atoms with Gasteiger partial charge in [0.2, 0.25) is 0 Å². The van der Waals surface area contributed by atoms with Gasteiger partial charge in [-0.25, -0.2) is 4.39 Å². The van der Waals surface area contributed by atoms with Gasteiger partial charge in [-0.15, -0.1) is 0 Å². The Morgan fingerprint density at radius 1 is 0.966 bits per heavy atom. The second-order valence-electron chi connectivity index (χ2n) is 7.92. The van der Waals surface area contributed by atoms with E-state index < -0.39 is 0 Å². The number of benzene rings is 2. The second kappa shape index (κ2) is 9.73. The number of anilines is 2. The third-order valence-electron chi connectivity index (χ3n) is 5.49. The molecule has 0 saturated carbocycles. The zero-order valence-electron chi connectivity index (χ0n) is 17.6. The first-order chi connectivity index (χ1) is 14.0. The minimum atomic E-state index is -0.202. The predicted molar refractivity (Wildman–Crippen MR) is 117 cm³/mol. The molecule has 0 amide bonds. The van der Waals surface area contributed by atoms with Crippen molar-refractivity contribution < 1.29 is 4.39 Å². The maximum atomic E-state index is 13.1. The van der Waals surface area contributed by atoms with Crippen LogP contribution in [0, 0.1) is 17.1 Å². The first-order valence-electron chi connectivity index (χ1n) is 10.1. The summed E-state index contributed by atoms with van der Waals surface area (Å²) in [7, 11) is 6.24. The van der Waals surface area contributed by atoms with Crippen molar-refractivity contribution in [1.82, 2.24) is 9.80 Å². The van der Waals surface area contributed by atoms with Crippen molar-refractivity contribution in [3.05, 3.63) is 59.4 Å². The van der Waals surface area contributed by atoms with Crippen LogP contribution in [0.2, 0.25) is 0 Å². The van der Waals surface area contributed by atoms with Crippen molar-refractivity contribution in [2.75, 3.05) is 70.2 Å². The Hall–Kier alpha value is -2.62. The molecule has 6 heteroatoms. The van der Waals surface area contributed by atoms with Crippen molar-refractivity contribution in [2.45, 2.75) is 6.54 Å². The number of halogens is 1. The van der Waals surface area contributed by atoms with Crippen molar-refractivity contribution >= 4 is 11.4 Å². The fourth-order valence-electron chi connectivity index (χ4n) is 3.59. The van der Waals surface area contributed by atoms with Gasteiger partial charge >= 0.3 is 0 Å². The highest BCUT2D eigenvalue weighted by Gasteiger charge is 2.19. The topological polar surface area (TPSA) is 36.8 Å². The van der Waals surface area contributed by atoms with Crippen molar-refractivity contribution in [2.24, 2.45) is 0 Å². The quantitative estimate of drug-likeness (QED) is 0.720. The number of rotatable bonds is 7. The van der Waals surface area contributed by atoms with E-state index in [-0.39, 0.29) is 5.82 Å². The highest BCUT2D eigenvalue weighted by molar-refractivity contribution is 5.53. The third kappa shape index (κ3) is 5.69. The summed E-state index contributed by atoms with van der Waals surface area (Å²) in [4.78, 5) is 9.07. The van der Waals surface area contributed by atoms with E-state index >= 15 is 0 Å². The maximum absolute atomic E-state index is 13.1. The van der Waals surface area contributed by atoms with Gasteiger partial charge in [0, 0.05) is 64.2 Å². The van der Waals surface area contributed by atoms with E-state index in [0.29, 0.717) is 0 Å². The fraction of sp³-hybridized carbons (Fsp3) is 0.435. The number of nitriles is 1. The highest BCUT2D eigenvalue weighted by Crippen LogP contribution is 2.22. The SMILES string of the molecule is CN(C)CCN(C)c1ccc(C#N)c(CN2CCN(c3ccc(F)cc3)CC2)c1. The molecule has 1 aliphatic heterocycles. The summed E-state index contributed by atoms with van der Waals surface area (Å²) in [6.45, 7) is 6.33. The van der Waals surface area contributed by atoms with E-state index in [1.165, 1.54) is 12.1 Å². The monoisotopic (exact) mass is 395 g/mol. The smallest absolute Gasteiger partial charge is 0.123 e. The van der Waals surface area contributed by atoms with Crippen LogP contribution >= 0.6 is 0 Å². The van der Waals surface area contributed by atoms with Gasteiger partial charge < -0.3 is 14.7 Å². The molecule has 5 nitrogen and oxygen atoms in total. The largest absolute Gasteiger partial charge is 0.373 e. The molecule has 154 valence electrons. The van der Waals surface area contributed by atoms with Crippen LogP contribution in [0.4, 0.5) is 15.8 Å². The molecular formula is C23H30FN5. The Morgan fingerprint density at radius 3 is 2.28 bits per heavy atom. The van der Waals surface area contributed by atoms with Crippen LogP contribution in [0.1, 0.15) is 11.1 Å². The first kappa shape index (κ1) is 21.1. The maximum Gasteiger partial charge on any atom is 0.123 e. The van der Waals surface area contributed by atoms with E-state index in [2.05, 4.69) is 52.9 Å². The van der Waals surface area contributed by atoms with Crippen molar-refractivity contribution in [1.29, 1.82) is 5.26 Å². The predicted octanol–water partition coefficient (Wildman–Crippen LogP) is 3.02. The Morgan fingerprint density at radius 2 is 1.66 bits per heavy atom. The summed E-state index contributed by atoms with van der Waals surface area (Å²) in [5, 5.41) is 9.54. The van der Waals surface area contributed by atoms with E-state index in [9.17, 15) is 9.65 Å². The van der Waals surface area contributed by atoms with Gasteiger partial charge in [-0.05, 0) is 62.1 Å². The number of likely N-dealkylation sites (N-methyl/N-ethyl adjacent to an activating group) is 2. The molecule has 0 radical (unpaired) electrons. The first-order valence-corrected chi connectivity index (χ1v) is 10.1. The summed E-state index contributed by atoms with van der Waals surface area (Å²) in [5.74, 6) is -0.202. The molecule has 3 rings (SSSR count). The summed E-state index contributed by atoms with van der Waals surface area (Å²) in [6, 6.07) is 15.2. The summed E-state index contributed by atoms with van der Waals surface area (Å²) < 4.78 is 13.1. The van der Waals surface area contributed by atoms with Crippen LogP contribution in [-0.4, -0.2) is 70.2 Å². The molecule has 1 saturated heterocycles. The molecule has 0 unspecified atom stereocenters. The molecule has 1 aliphatic rings. The van der Waals surface area contributed by atoms with Crippen LogP contribution in [0.15, 0.2) is 42.5 Å². The summed E-state index contributed by atoms with van der Waals surface area (Å²) in [5.41, 5.74) is 4.03. The van der Waals surface area contributed by atoms with Crippen LogP contribution in [0.5, 0.6) is 0 Å². The number of hydrogen-bond donors (Lipinski definition) is 0. The third-order valence-corrected chi connectivity index (χ3v) is 5.49. The highest BCUT2D eigenvalue weighted by atomic mass is 19.1. The van der Waals surface area contributed by atoms with E-state index in [4.69, 9.17) is 0 Å². The lowest BCUT2D eigenvalue weighted by atomic mass is 10.1. The van der Waals surface area contributed by atoms with E-state index in [1.807, 2.05) is 24.3 Å². The second-order valence-corrected chi connectivity index (χ2v) is 7.92. The molecule has 0 spiro atoms. The standard InChI is InChI=1S/C23H30FN5/c1-26(2)10-11-27(3)23-7-4-19(17-25)20(16-23)18-28-12-14-29(15-13-28)22-8-5-21(24)6-9-22/h4-9,16H,10-15,18H2,1-3H3. The van der Waals surface area contributed by atoms with Crippen LogP contribution in [-0.2, 0) is 6.54 Å². The van der Waals surface area contributed by atoms with Crippen LogP contribution in [0.3, 0.4) is 0 Å². The van der Waals surface area contributed by atoms with Crippen LogP contribution in [0.25, 0.3) is 0 Å². The number of piperazine rings is 1. The molecule has 1 heterocycles. The van der Waals surface area contributed by atoms with Gasteiger partial charge in [0.15, 0.2) is 0 Å². The van der Waals surface area contributed by atoms with Gasteiger partial charge in [-0.2, -0.15) is 5.26 Å². The molecule has 2 aromatic carbocycles. The Balaban J connectivity index is 1.63. The number of nitrogens with zero attached hydrogens (tertiary/aromatic N) is 5. The van der Waals surface area contributed by atoms with Gasteiger partial charge in [0.1, 0.15) is 5.82 Å². The minimum Gasteiger partial charge on any atom is -0.373 e. The Bertz CT molecular complexity index is 835. The van der Waals surface area contributed by atoms with Gasteiger partial charge in [-0.3, -0.25) is 4.90 Å². The molecule has 0 aliphatic carbocycles. The molecule has 29 heavy (non-hydrogen) atoms.